The Kier molecular flexibility index (Phi) is 3.72. The number of hydrogen-bond donors (Lipinski definition) is 2. The van der Waals surface area contributed by atoms with Gasteiger partial charge in [-0.1, -0.05) is 36.4 Å². The van der Waals surface area contributed by atoms with Gasteiger partial charge >= 0.3 is 0 Å². The minimum atomic E-state index is -0.479. The van der Waals surface area contributed by atoms with Gasteiger partial charge in [0.15, 0.2) is 0 Å². The van der Waals surface area contributed by atoms with E-state index in [9.17, 15) is 10.4 Å². The second-order valence-corrected chi connectivity index (χ2v) is 4.53. The molecule has 0 amide bonds. The van der Waals surface area contributed by atoms with Crippen molar-refractivity contribution in [3.8, 4) is 11.8 Å². The third-order valence-corrected chi connectivity index (χ3v) is 3.17. The molecule has 0 aliphatic rings. The van der Waals surface area contributed by atoms with Crippen molar-refractivity contribution in [2.45, 2.75) is 19.9 Å². The van der Waals surface area contributed by atoms with Gasteiger partial charge in [-0.3, -0.25) is 0 Å². The predicted octanol–water partition coefficient (Wildman–Crippen LogP) is 3.69. The molecule has 0 unspecified atom stereocenters. The van der Waals surface area contributed by atoms with Crippen molar-refractivity contribution in [3.05, 3.63) is 59.2 Å². The van der Waals surface area contributed by atoms with E-state index in [-0.39, 0.29) is 5.75 Å². The highest BCUT2D eigenvalue weighted by Crippen LogP contribution is 2.30. The quantitative estimate of drug-likeness (QED) is 0.819. The number of para-hydroxylation sites is 1. The maximum atomic E-state index is 9.88. The molecule has 2 aromatic carbocycles. The number of anilines is 1. The lowest BCUT2D eigenvalue weighted by atomic mass is 10.0. The van der Waals surface area contributed by atoms with Gasteiger partial charge in [0.1, 0.15) is 11.8 Å². The van der Waals surface area contributed by atoms with Crippen molar-refractivity contribution in [1.29, 1.82) is 5.26 Å². The zero-order valence-corrected chi connectivity index (χ0v) is 11.0. The van der Waals surface area contributed by atoms with Gasteiger partial charge in [0.25, 0.3) is 0 Å². The zero-order valence-electron chi connectivity index (χ0n) is 11.0. The van der Waals surface area contributed by atoms with Crippen LogP contribution in [0.4, 0.5) is 5.69 Å². The molecule has 0 saturated heterocycles. The summed E-state index contributed by atoms with van der Waals surface area (Å²) in [6, 6.07) is 14.8. The van der Waals surface area contributed by atoms with E-state index in [2.05, 4.69) is 11.4 Å². The van der Waals surface area contributed by atoms with Gasteiger partial charge in [-0.15, -0.1) is 0 Å². The smallest absolute Gasteiger partial charge is 0.140 e. The van der Waals surface area contributed by atoms with Gasteiger partial charge in [0.05, 0.1) is 11.8 Å². The molecule has 0 heterocycles. The van der Waals surface area contributed by atoms with Crippen LogP contribution in [0.5, 0.6) is 5.75 Å². The largest absolute Gasteiger partial charge is 0.506 e. The predicted molar refractivity (Wildman–Crippen MR) is 76.0 cm³/mol. The topological polar surface area (TPSA) is 56.0 Å². The van der Waals surface area contributed by atoms with Crippen LogP contribution in [0.15, 0.2) is 42.5 Å². The fourth-order valence-electron chi connectivity index (χ4n) is 2.07. The second-order valence-electron chi connectivity index (χ2n) is 4.53. The SMILES string of the molecule is Cc1ccccc1[C@H](C#N)Nc1c(C)cccc1O. The Hall–Kier alpha value is -2.47. The average Bonchev–Trinajstić information content (AvgIpc) is 2.40. The van der Waals surface area contributed by atoms with Crippen LogP contribution in [0.3, 0.4) is 0 Å². The van der Waals surface area contributed by atoms with Crippen molar-refractivity contribution in [1.82, 2.24) is 0 Å². The summed E-state index contributed by atoms with van der Waals surface area (Å²) in [4.78, 5) is 0. The number of aromatic hydroxyl groups is 1. The number of nitrogens with zero attached hydrogens (tertiary/aromatic N) is 1. The highest BCUT2D eigenvalue weighted by atomic mass is 16.3. The van der Waals surface area contributed by atoms with Crippen LogP contribution in [0, 0.1) is 25.2 Å². The van der Waals surface area contributed by atoms with E-state index in [1.54, 1.807) is 12.1 Å². The summed E-state index contributed by atoms with van der Waals surface area (Å²) < 4.78 is 0. The summed E-state index contributed by atoms with van der Waals surface area (Å²) >= 11 is 0. The minimum absolute atomic E-state index is 0.161. The first-order valence-electron chi connectivity index (χ1n) is 6.13. The van der Waals surface area contributed by atoms with E-state index in [0.29, 0.717) is 5.69 Å². The molecule has 0 saturated carbocycles. The minimum Gasteiger partial charge on any atom is -0.506 e. The first-order chi connectivity index (χ1) is 9.13. The molecule has 0 bridgehead atoms. The van der Waals surface area contributed by atoms with E-state index in [4.69, 9.17) is 0 Å². The van der Waals surface area contributed by atoms with Crippen LogP contribution in [0.1, 0.15) is 22.7 Å². The number of nitrogens with one attached hydrogen (secondary N) is 1. The molecule has 0 aromatic heterocycles. The second kappa shape index (κ2) is 5.45. The van der Waals surface area contributed by atoms with Gasteiger partial charge in [0.2, 0.25) is 0 Å². The highest BCUT2D eigenvalue weighted by molar-refractivity contribution is 5.62. The number of aryl methyl sites for hydroxylation is 2. The first kappa shape index (κ1) is 13.0. The molecule has 19 heavy (non-hydrogen) atoms. The monoisotopic (exact) mass is 252 g/mol. The highest BCUT2D eigenvalue weighted by Gasteiger charge is 2.15. The molecular weight excluding hydrogens is 236 g/mol. The molecule has 1 atom stereocenters. The molecule has 96 valence electrons. The Labute approximate surface area is 113 Å². The molecule has 2 rings (SSSR count). The van der Waals surface area contributed by atoms with Crippen molar-refractivity contribution >= 4 is 5.69 Å². The summed E-state index contributed by atoms with van der Waals surface area (Å²) in [6.45, 7) is 3.87. The summed E-state index contributed by atoms with van der Waals surface area (Å²) in [5.74, 6) is 0.161. The third-order valence-electron chi connectivity index (χ3n) is 3.17. The van der Waals surface area contributed by atoms with Crippen molar-refractivity contribution in [3.63, 3.8) is 0 Å². The molecule has 0 aliphatic carbocycles. The molecule has 2 N–H and O–H groups in total. The Morgan fingerprint density at radius 2 is 1.74 bits per heavy atom. The normalized spacial score (nSPS) is 11.6. The van der Waals surface area contributed by atoms with Crippen LogP contribution in [0.25, 0.3) is 0 Å². The summed E-state index contributed by atoms with van der Waals surface area (Å²) in [5, 5.41) is 22.3. The molecule has 3 nitrogen and oxygen atoms in total. The van der Waals surface area contributed by atoms with E-state index in [1.165, 1.54) is 0 Å². The zero-order chi connectivity index (χ0) is 13.8. The van der Waals surface area contributed by atoms with Gasteiger partial charge in [-0.05, 0) is 36.6 Å². The third kappa shape index (κ3) is 2.69. The van der Waals surface area contributed by atoms with Crippen LogP contribution < -0.4 is 5.32 Å². The Morgan fingerprint density at radius 1 is 1.05 bits per heavy atom. The number of phenols is 1. The molecule has 3 heteroatoms. The van der Waals surface area contributed by atoms with Crippen LogP contribution in [0.2, 0.25) is 0 Å². The lowest BCUT2D eigenvalue weighted by Crippen LogP contribution is -2.11. The fourth-order valence-corrected chi connectivity index (χ4v) is 2.07. The van der Waals surface area contributed by atoms with Crippen molar-refractivity contribution in [2.24, 2.45) is 0 Å². The van der Waals surface area contributed by atoms with Crippen molar-refractivity contribution < 1.29 is 5.11 Å². The van der Waals surface area contributed by atoms with Gasteiger partial charge in [-0.2, -0.15) is 5.26 Å². The maximum absolute atomic E-state index is 9.88. The van der Waals surface area contributed by atoms with Gasteiger partial charge < -0.3 is 10.4 Å². The number of phenolic OH excluding ortho intramolecular Hbond substituents is 1. The maximum Gasteiger partial charge on any atom is 0.140 e. The Balaban J connectivity index is 2.36. The number of nitriles is 1. The molecule has 0 radical (unpaired) electrons. The van der Waals surface area contributed by atoms with E-state index in [0.717, 1.165) is 16.7 Å². The fraction of sp³-hybridized carbons (Fsp3) is 0.188. The number of hydrogen-bond acceptors (Lipinski definition) is 3. The lowest BCUT2D eigenvalue weighted by molar-refractivity contribution is 0.476. The molecular formula is C16H16N2O. The Bertz CT molecular complexity index is 609. The first-order valence-corrected chi connectivity index (χ1v) is 6.13. The summed E-state index contributed by atoms with van der Waals surface area (Å²) in [5.41, 5.74) is 3.49. The number of rotatable bonds is 3. The standard InChI is InChI=1S/C16H16N2O/c1-11-6-3-4-8-13(11)14(10-17)18-16-12(2)7-5-9-15(16)19/h3-9,14,18-19H,1-2H3/t14-/m0/s1. The number of benzene rings is 2. The van der Waals surface area contributed by atoms with Crippen LogP contribution >= 0.6 is 0 Å². The molecule has 0 aliphatic heterocycles. The average molecular weight is 252 g/mol. The van der Waals surface area contributed by atoms with Gasteiger partial charge in [-0.25, -0.2) is 0 Å². The Morgan fingerprint density at radius 3 is 2.37 bits per heavy atom. The molecule has 2 aromatic rings. The summed E-state index contributed by atoms with van der Waals surface area (Å²) in [7, 11) is 0. The van der Waals surface area contributed by atoms with Gasteiger partial charge in [0, 0.05) is 0 Å². The van der Waals surface area contributed by atoms with Crippen LogP contribution in [-0.2, 0) is 0 Å². The molecule has 0 fully saturated rings. The van der Waals surface area contributed by atoms with E-state index < -0.39 is 6.04 Å². The van der Waals surface area contributed by atoms with Crippen LogP contribution in [-0.4, -0.2) is 5.11 Å². The van der Waals surface area contributed by atoms with E-state index >= 15 is 0 Å². The van der Waals surface area contributed by atoms with E-state index in [1.807, 2.05) is 44.2 Å². The van der Waals surface area contributed by atoms with Crippen molar-refractivity contribution in [2.75, 3.05) is 5.32 Å². The molecule has 0 spiro atoms. The summed E-state index contributed by atoms with van der Waals surface area (Å²) in [6.07, 6.45) is 0. The lowest BCUT2D eigenvalue weighted by Gasteiger charge is -2.18.